The molecule has 1 saturated heterocycles. The molecule has 0 unspecified atom stereocenters. The summed E-state index contributed by atoms with van der Waals surface area (Å²) in [4.78, 5) is 29.1. The van der Waals surface area contributed by atoms with Crippen molar-refractivity contribution in [1.82, 2.24) is 30.2 Å². The number of pyridine rings is 2. The van der Waals surface area contributed by atoms with Crippen molar-refractivity contribution in [2.45, 2.75) is 32.6 Å². The summed E-state index contributed by atoms with van der Waals surface area (Å²) in [5.41, 5.74) is 7.97. The number of H-pyrrole nitrogens is 1. The van der Waals surface area contributed by atoms with Crippen molar-refractivity contribution in [2.24, 2.45) is 0 Å². The number of nitrogens with zero attached hydrogens (tertiary/aromatic N) is 7. The molecule has 9 nitrogen and oxygen atoms in total. The smallest absolute Gasteiger partial charge is 0.224 e. The Morgan fingerprint density at radius 2 is 1.24 bits per heavy atom. The van der Waals surface area contributed by atoms with Gasteiger partial charge in [-0.05, 0) is 101 Å². The van der Waals surface area contributed by atoms with Gasteiger partial charge in [-0.1, -0.05) is 0 Å². The first-order valence-electron chi connectivity index (χ1n) is 14.3. The normalized spacial score (nSPS) is 14.0. The van der Waals surface area contributed by atoms with Crippen molar-refractivity contribution in [3.8, 4) is 0 Å². The quantitative estimate of drug-likeness (QED) is 0.224. The molecule has 4 heterocycles. The highest BCUT2D eigenvalue weighted by Gasteiger charge is 2.23. The zero-order chi connectivity index (χ0) is 29.5. The molecule has 0 amide bonds. The van der Waals surface area contributed by atoms with E-state index in [1.807, 2.05) is 13.8 Å². The Morgan fingerprint density at radius 1 is 0.714 bits per heavy atom. The summed E-state index contributed by atoms with van der Waals surface area (Å²) in [5.74, 6) is 1.82. The first-order chi connectivity index (χ1) is 20.2. The van der Waals surface area contributed by atoms with E-state index in [2.05, 4.69) is 107 Å². The number of aromatic nitrogens is 5. The zero-order valence-electron chi connectivity index (χ0n) is 25.1. The lowest BCUT2D eigenvalue weighted by Gasteiger charge is -2.27. The van der Waals surface area contributed by atoms with E-state index >= 15 is 0 Å². The number of aryl methyl sites for hydroxylation is 2. The standard InChI is InChI=1S/C32H37N9S/c1-19-15-28(39(3)4)24-17-22(7-9-26(24)34-19)41(31-36-30(37-32(42)38-31)21-11-13-33-14-12-21)23-8-10-27-25(18-23)29(40(5)6)16-20(2)35-27/h7-10,15-18,21,33H,11-14H2,1-6H3,(H,36,37,38,42). The van der Waals surface area contributed by atoms with E-state index in [9.17, 15) is 0 Å². The Bertz CT molecular complexity index is 1740. The third-order valence-electron chi connectivity index (χ3n) is 7.87. The van der Waals surface area contributed by atoms with Crippen molar-refractivity contribution in [3.05, 3.63) is 70.5 Å². The Morgan fingerprint density at radius 3 is 1.74 bits per heavy atom. The number of hydrogen-bond acceptors (Lipinski definition) is 9. The predicted octanol–water partition coefficient (Wildman–Crippen LogP) is 6.32. The van der Waals surface area contributed by atoms with Crippen LogP contribution in [0.15, 0.2) is 48.5 Å². The van der Waals surface area contributed by atoms with Crippen molar-refractivity contribution in [1.29, 1.82) is 0 Å². The summed E-state index contributed by atoms with van der Waals surface area (Å²) in [7, 11) is 8.25. The number of anilines is 5. The fourth-order valence-electron chi connectivity index (χ4n) is 5.84. The summed E-state index contributed by atoms with van der Waals surface area (Å²) in [6, 6.07) is 17.0. The van der Waals surface area contributed by atoms with Crippen LogP contribution in [0.5, 0.6) is 0 Å². The van der Waals surface area contributed by atoms with Crippen LogP contribution in [-0.2, 0) is 0 Å². The summed E-state index contributed by atoms with van der Waals surface area (Å²) in [5, 5.41) is 5.57. The highest BCUT2D eigenvalue weighted by atomic mass is 32.1. The maximum Gasteiger partial charge on any atom is 0.224 e. The molecule has 0 spiro atoms. The van der Waals surface area contributed by atoms with Crippen molar-refractivity contribution < 1.29 is 0 Å². The summed E-state index contributed by atoms with van der Waals surface area (Å²) in [6.07, 6.45) is 2.00. The summed E-state index contributed by atoms with van der Waals surface area (Å²) >= 11 is 5.65. The molecule has 2 aromatic carbocycles. The van der Waals surface area contributed by atoms with Gasteiger partial charge in [0.15, 0.2) is 0 Å². The Kier molecular flexibility index (Phi) is 7.51. The fraction of sp³-hybridized carbons (Fsp3) is 0.344. The molecular formula is C32H37N9S. The average Bonchev–Trinajstić information content (AvgIpc) is 2.96. The average molecular weight is 580 g/mol. The van der Waals surface area contributed by atoms with E-state index in [-0.39, 0.29) is 0 Å². The molecule has 0 saturated carbocycles. The molecule has 3 aromatic heterocycles. The SMILES string of the molecule is Cc1cc(N(C)C)c2cc(N(c3ccc4nc(C)cc(N(C)C)c4c3)c3nc(=S)nc(C4CCNCC4)[nH]3)ccc2n1. The molecule has 0 radical (unpaired) electrons. The monoisotopic (exact) mass is 579 g/mol. The lowest BCUT2D eigenvalue weighted by Crippen LogP contribution is -2.28. The van der Waals surface area contributed by atoms with E-state index < -0.39 is 0 Å². The van der Waals surface area contributed by atoms with Gasteiger partial charge in [0, 0.05) is 79.0 Å². The molecule has 5 aromatic rings. The minimum Gasteiger partial charge on any atom is -0.377 e. The second-order valence-corrected chi connectivity index (χ2v) is 11.8. The van der Waals surface area contributed by atoms with Crippen molar-refractivity contribution >= 4 is 62.7 Å². The topological polar surface area (TPSA) is 89.1 Å². The van der Waals surface area contributed by atoms with Gasteiger partial charge in [0.25, 0.3) is 0 Å². The Hall–Kier alpha value is -4.15. The minimum absolute atomic E-state index is 0.296. The Balaban J connectivity index is 1.60. The first-order valence-corrected chi connectivity index (χ1v) is 14.8. The van der Waals surface area contributed by atoms with Crippen LogP contribution in [0.3, 0.4) is 0 Å². The van der Waals surface area contributed by atoms with Crippen LogP contribution >= 0.6 is 12.2 Å². The lowest BCUT2D eigenvalue weighted by molar-refractivity contribution is 0.443. The van der Waals surface area contributed by atoms with Crippen LogP contribution in [0.1, 0.15) is 36.0 Å². The number of nitrogens with one attached hydrogen (secondary N) is 2. The van der Waals surface area contributed by atoms with Crippen LogP contribution in [0.2, 0.25) is 0 Å². The molecule has 216 valence electrons. The molecule has 0 aliphatic carbocycles. The van der Waals surface area contributed by atoms with Crippen LogP contribution in [0.4, 0.5) is 28.7 Å². The molecule has 1 aliphatic rings. The third-order valence-corrected chi connectivity index (χ3v) is 8.05. The molecule has 42 heavy (non-hydrogen) atoms. The number of benzene rings is 2. The summed E-state index contributed by atoms with van der Waals surface area (Å²) < 4.78 is 0.335. The van der Waals surface area contributed by atoms with Gasteiger partial charge in [-0.15, -0.1) is 0 Å². The largest absolute Gasteiger partial charge is 0.377 e. The lowest BCUT2D eigenvalue weighted by atomic mass is 9.97. The highest BCUT2D eigenvalue weighted by Crippen LogP contribution is 2.39. The molecule has 0 bridgehead atoms. The van der Waals surface area contributed by atoms with E-state index in [0.29, 0.717) is 16.6 Å². The van der Waals surface area contributed by atoms with Gasteiger partial charge in [-0.3, -0.25) is 14.9 Å². The van der Waals surface area contributed by atoms with E-state index in [4.69, 9.17) is 27.2 Å². The minimum atomic E-state index is 0.296. The fourth-order valence-corrected chi connectivity index (χ4v) is 6.03. The zero-order valence-corrected chi connectivity index (χ0v) is 25.9. The van der Waals surface area contributed by atoms with Gasteiger partial charge in [-0.25, -0.2) is 4.98 Å². The molecule has 0 atom stereocenters. The second-order valence-electron chi connectivity index (χ2n) is 11.5. The number of rotatable bonds is 6. The van der Waals surface area contributed by atoms with Gasteiger partial charge < -0.3 is 20.1 Å². The van der Waals surface area contributed by atoms with E-state index in [0.717, 1.165) is 87.7 Å². The van der Waals surface area contributed by atoms with Crippen LogP contribution in [0.25, 0.3) is 21.8 Å². The van der Waals surface area contributed by atoms with Crippen molar-refractivity contribution in [2.75, 3.05) is 56.0 Å². The summed E-state index contributed by atoms with van der Waals surface area (Å²) in [6.45, 7) is 5.98. The van der Waals surface area contributed by atoms with Gasteiger partial charge in [0.1, 0.15) is 5.82 Å². The molecule has 1 fully saturated rings. The number of piperidine rings is 1. The highest BCUT2D eigenvalue weighted by molar-refractivity contribution is 7.71. The third kappa shape index (κ3) is 5.39. The van der Waals surface area contributed by atoms with Crippen LogP contribution in [0, 0.1) is 18.6 Å². The van der Waals surface area contributed by atoms with Crippen molar-refractivity contribution in [3.63, 3.8) is 0 Å². The van der Waals surface area contributed by atoms with Gasteiger partial charge in [0.05, 0.1) is 11.0 Å². The maximum atomic E-state index is 5.65. The first kappa shape index (κ1) is 28.0. The molecule has 10 heteroatoms. The molecule has 2 N–H and O–H groups in total. The predicted molar refractivity (Wildman–Crippen MR) is 175 cm³/mol. The second kappa shape index (κ2) is 11.3. The number of hydrogen-bond donors (Lipinski definition) is 2. The van der Waals surface area contributed by atoms with Crippen LogP contribution in [-0.4, -0.2) is 66.2 Å². The molecular weight excluding hydrogens is 542 g/mol. The Labute approximate surface area is 251 Å². The maximum absolute atomic E-state index is 5.65. The number of fused-ring (bicyclic) bond motifs is 2. The van der Waals surface area contributed by atoms with Crippen LogP contribution < -0.4 is 20.0 Å². The number of aromatic amines is 1. The molecule has 6 rings (SSSR count). The van der Waals surface area contributed by atoms with E-state index in [1.165, 1.54) is 0 Å². The molecule has 1 aliphatic heterocycles. The van der Waals surface area contributed by atoms with E-state index in [1.54, 1.807) is 0 Å². The van der Waals surface area contributed by atoms with Gasteiger partial charge in [0.2, 0.25) is 10.7 Å². The van der Waals surface area contributed by atoms with Gasteiger partial charge >= 0.3 is 0 Å². The van der Waals surface area contributed by atoms with Gasteiger partial charge in [-0.2, -0.15) is 4.98 Å².